The van der Waals surface area contributed by atoms with Gasteiger partial charge in [-0.2, -0.15) is 0 Å². The van der Waals surface area contributed by atoms with E-state index in [0.29, 0.717) is 0 Å². The molecule has 2 N–H and O–H groups in total. The van der Waals surface area contributed by atoms with E-state index in [-0.39, 0.29) is 5.75 Å². The molecule has 0 fully saturated rings. The zero-order valence-corrected chi connectivity index (χ0v) is 15.0. The highest BCUT2D eigenvalue weighted by Crippen LogP contribution is 2.24. The maximum atomic E-state index is 13.5. The molecule has 0 atom stereocenters. The van der Waals surface area contributed by atoms with Gasteiger partial charge >= 0.3 is 0 Å². The van der Waals surface area contributed by atoms with Crippen molar-refractivity contribution in [2.75, 3.05) is 6.61 Å². The van der Waals surface area contributed by atoms with E-state index in [1.807, 2.05) is 60.7 Å². The van der Waals surface area contributed by atoms with Crippen molar-refractivity contribution in [2.45, 2.75) is 5.92 Å². The molecule has 0 aliphatic carbocycles. The van der Waals surface area contributed by atoms with Crippen LogP contribution in [0.15, 0.2) is 84.9 Å². The van der Waals surface area contributed by atoms with Gasteiger partial charge in [-0.1, -0.05) is 72.8 Å². The molecule has 3 aromatic carbocycles. The lowest BCUT2D eigenvalue weighted by molar-refractivity contribution is -0.130. The van der Waals surface area contributed by atoms with Gasteiger partial charge in [-0.25, -0.2) is 4.39 Å². The molecule has 0 aromatic heterocycles. The number of hydrogen-bond donors (Lipinski definition) is 2. The first-order valence-electron chi connectivity index (χ1n) is 8.71. The molecule has 0 saturated heterocycles. The van der Waals surface area contributed by atoms with E-state index in [2.05, 4.69) is 10.9 Å². The minimum atomic E-state index is -0.600. The van der Waals surface area contributed by atoms with Gasteiger partial charge in [-0.3, -0.25) is 20.4 Å². The summed E-state index contributed by atoms with van der Waals surface area (Å²) >= 11 is 0. The van der Waals surface area contributed by atoms with Crippen LogP contribution in [0, 0.1) is 5.82 Å². The zero-order valence-electron chi connectivity index (χ0n) is 15.0. The van der Waals surface area contributed by atoms with Crippen molar-refractivity contribution in [1.29, 1.82) is 0 Å². The molecule has 142 valence electrons. The van der Waals surface area contributed by atoms with E-state index in [1.165, 1.54) is 18.2 Å². The summed E-state index contributed by atoms with van der Waals surface area (Å²) in [6, 6.07) is 24.3. The van der Waals surface area contributed by atoms with Gasteiger partial charge in [-0.05, 0) is 23.3 Å². The Kier molecular flexibility index (Phi) is 6.36. The Labute approximate surface area is 162 Å². The molecule has 6 heteroatoms. The predicted octanol–water partition coefficient (Wildman–Crippen LogP) is 3.18. The highest BCUT2D eigenvalue weighted by molar-refractivity contribution is 5.89. The number of ether oxygens (including phenoxy) is 1. The summed E-state index contributed by atoms with van der Waals surface area (Å²) in [5.41, 5.74) is 6.31. The van der Waals surface area contributed by atoms with Crippen molar-refractivity contribution in [2.24, 2.45) is 0 Å². The topological polar surface area (TPSA) is 67.4 Å². The Hall–Kier alpha value is -3.67. The number of hydrazine groups is 1. The summed E-state index contributed by atoms with van der Waals surface area (Å²) in [5, 5.41) is 0. The molecule has 28 heavy (non-hydrogen) atoms. The molecule has 0 bridgehead atoms. The Morgan fingerprint density at radius 2 is 1.32 bits per heavy atom. The molecule has 0 saturated carbocycles. The minimum absolute atomic E-state index is 0.0320. The number of hydrogen-bond acceptors (Lipinski definition) is 3. The number of nitrogens with one attached hydrogen (secondary N) is 2. The third kappa shape index (κ3) is 4.94. The van der Waals surface area contributed by atoms with Crippen molar-refractivity contribution >= 4 is 11.8 Å². The number of para-hydroxylation sites is 1. The fraction of sp³-hybridized carbons (Fsp3) is 0.0909. The third-order valence-electron chi connectivity index (χ3n) is 4.05. The average Bonchev–Trinajstić information content (AvgIpc) is 2.73. The van der Waals surface area contributed by atoms with Gasteiger partial charge in [0.1, 0.15) is 0 Å². The lowest BCUT2D eigenvalue weighted by Crippen LogP contribution is -2.46. The Balaban J connectivity index is 1.62. The lowest BCUT2D eigenvalue weighted by atomic mass is 9.91. The van der Waals surface area contributed by atoms with E-state index in [9.17, 15) is 14.0 Å². The maximum absolute atomic E-state index is 13.5. The van der Waals surface area contributed by atoms with Gasteiger partial charge in [0.25, 0.3) is 5.91 Å². The van der Waals surface area contributed by atoms with Crippen molar-refractivity contribution in [1.82, 2.24) is 10.9 Å². The van der Waals surface area contributed by atoms with E-state index >= 15 is 0 Å². The second-order valence-corrected chi connectivity index (χ2v) is 6.01. The van der Waals surface area contributed by atoms with Crippen LogP contribution in [-0.4, -0.2) is 18.4 Å². The van der Waals surface area contributed by atoms with Crippen molar-refractivity contribution in [3.05, 3.63) is 102 Å². The van der Waals surface area contributed by atoms with Crippen molar-refractivity contribution < 1.29 is 18.7 Å². The van der Waals surface area contributed by atoms with Crippen LogP contribution in [0.1, 0.15) is 17.0 Å². The molecule has 0 unspecified atom stereocenters. The van der Waals surface area contributed by atoms with E-state index in [4.69, 9.17) is 4.74 Å². The summed E-state index contributed by atoms with van der Waals surface area (Å²) < 4.78 is 18.6. The summed E-state index contributed by atoms with van der Waals surface area (Å²) in [4.78, 5) is 24.7. The fourth-order valence-corrected chi connectivity index (χ4v) is 2.73. The maximum Gasteiger partial charge on any atom is 0.276 e. The molecule has 3 aromatic rings. The molecule has 3 rings (SSSR count). The highest BCUT2D eigenvalue weighted by Gasteiger charge is 2.23. The van der Waals surface area contributed by atoms with Crippen LogP contribution in [0.3, 0.4) is 0 Å². The summed E-state index contributed by atoms with van der Waals surface area (Å²) in [6.07, 6.45) is 0. The van der Waals surface area contributed by atoms with Crippen molar-refractivity contribution in [3.8, 4) is 5.75 Å². The minimum Gasteiger partial charge on any atom is -0.481 e. The molecule has 0 heterocycles. The summed E-state index contributed by atoms with van der Waals surface area (Å²) in [7, 11) is 0. The Morgan fingerprint density at radius 3 is 1.89 bits per heavy atom. The van der Waals surface area contributed by atoms with Gasteiger partial charge in [0.15, 0.2) is 18.2 Å². The molecule has 0 spiro atoms. The largest absolute Gasteiger partial charge is 0.481 e. The van der Waals surface area contributed by atoms with Gasteiger partial charge in [0.2, 0.25) is 5.91 Å². The van der Waals surface area contributed by atoms with Crippen LogP contribution in [0.25, 0.3) is 0 Å². The van der Waals surface area contributed by atoms with E-state index < -0.39 is 30.2 Å². The van der Waals surface area contributed by atoms with Crippen LogP contribution >= 0.6 is 0 Å². The molecular formula is C22H19FN2O3. The highest BCUT2D eigenvalue weighted by atomic mass is 19.1. The van der Waals surface area contributed by atoms with E-state index in [1.54, 1.807) is 6.07 Å². The number of amides is 2. The molecule has 0 aliphatic rings. The first kappa shape index (κ1) is 19.1. The molecule has 0 radical (unpaired) electrons. The molecule has 2 amide bonds. The number of rotatable bonds is 6. The molecular weight excluding hydrogens is 359 g/mol. The van der Waals surface area contributed by atoms with Crippen molar-refractivity contribution in [3.63, 3.8) is 0 Å². The first-order valence-corrected chi connectivity index (χ1v) is 8.71. The van der Waals surface area contributed by atoms with E-state index in [0.717, 1.165) is 11.1 Å². The monoisotopic (exact) mass is 378 g/mol. The van der Waals surface area contributed by atoms with Crippen LogP contribution in [0.4, 0.5) is 4.39 Å². The smallest absolute Gasteiger partial charge is 0.276 e. The third-order valence-corrected chi connectivity index (χ3v) is 4.05. The normalized spacial score (nSPS) is 10.4. The van der Waals surface area contributed by atoms with Crippen LogP contribution in [0.2, 0.25) is 0 Å². The number of halogens is 1. The predicted molar refractivity (Wildman–Crippen MR) is 103 cm³/mol. The molecule has 0 aliphatic heterocycles. The quantitative estimate of drug-likeness (QED) is 0.648. The average molecular weight is 378 g/mol. The van der Waals surface area contributed by atoms with Gasteiger partial charge in [0, 0.05) is 0 Å². The van der Waals surface area contributed by atoms with Crippen LogP contribution in [-0.2, 0) is 9.59 Å². The van der Waals surface area contributed by atoms with Gasteiger partial charge in [0.05, 0.1) is 5.92 Å². The zero-order chi connectivity index (χ0) is 19.8. The number of carbonyl (C=O) groups excluding carboxylic acids is 2. The van der Waals surface area contributed by atoms with Crippen LogP contribution < -0.4 is 15.6 Å². The van der Waals surface area contributed by atoms with Gasteiger partial charge in [-0.15, -0.1) is 0 Å². The Morgan fingerprint density at radius 1 is 0.786 bits per heavy atom. The SMILES string of the molecule is O=C(COc1ccccc1F)NNC(=O)C(c1ccccc1)c1ccccc1. The lowest BCUT2D eigenvalue weighted by Gasteiger charge is -2.18. The van der Waals surface area contributed by atoms with Gasteiger partial charge < -0.3 is 4.74 Å². The second kappa shape index (κ2) is 9.32. The fourth-order valence-electron chi connectivity index (χ4n) is 2.73. The Bertz CT molecular complexity index is 893. The number of benzene rings is 3. The summed E-state index contributed by atoms with van der Waals surface area (Å²) in [6.45, 7) is -0.428. The first-order chi connectivity index (χ1) is 13.6. The molecule has 5 nitrogen and oxygen atoms in total. The summed E-state index contributed by atoms with van der Waals surface area (Å²) in [5.74, 6) is -2.17. The second-order valence-electron chi connectivity index (χ2n) is 6.01. The number of carbonyl (C=O) groups is 2. The standard InChI is InChI=1S/C22H19FN2O3/c23-18-13-7-8-14-19(18)28-15-20(26)24-25-22(27)21(16-9-3-1-4-10-16)17-11-5-2-6-12-17/h1-14,21H,15H2,(H,24,26)(H,25,27). The van der Waals surface area contributed by atoms with Crippen LogP contribution in [0.5, 0.6) is 5.75 Å².